The molecule has 2 rings (SSSR count). The molecule has 0 radical (unpaired) electrons. The molecule has 20 heavy (non-hydrogen) atoms. The fourth-order valence-corrected chi connectivity index (χ4v) is 2.14. The third kappa shape index (κ3) is 2.57. The van der Waals surface area contributed by atoms with Crippen molar-refractivity contribution in [3.05, 3.63) is 47.5 Å². The molecule has 0 fully saturated rings. The van der Waals surface area contributed by atoms with Crippen molar-refractivity contribution < 1.29 is 17.9 Å². The van der Waals surface area contributed by atoms with Crippen LogP contribution in [0.25, 0.3) is 11.1 Å². The van der Waals surface area contributed by atoms with Crippen LogP contribution in [0.1, 0.15) is 11.1 Å². The van der Waals surface area contributed by atoms with Gasteiger partial charge in [0.2, 0.25) is 0 Å². The van der Waals surface area contributed by atoms with E-state index in [2.05, 4.69) is 0 Å². The first-order valence-electron chi connectivity index (χ1n) is 5.95. The number of halogens is 3. The third-order valence-electron chi connectivity index (χ3n) is 3.10. The van der Waals surface area contributed by atoms with E-state index >= 15 is 0 Å². The summed E-state index contributed by atoms with van der Waals surface area (Å²) in [4.78, 5) is 0. The highest BCUT2D eigenvalue weighted by Crippen LogP contribution is 2.40. The highest BCUT2D eigenvalue weighted by atomic mass is 19.4. The topological polar surface area (TPSA) is 35.2 Å². The third-order valence-corrected chi connectivity index (χ3v) is 3.10. The molecule has 2 aromatic rings. The van der Waals surface area contributed by atoms with E-state index in [0.29, 0.717) is 22.6 Å². The van der Waals surface area contributed by atoms with Crippen LogP contribution in [0.2, 0.25) is 0 Å². The number of anilines is 1. The van der Waals surface area contributed by atoms with Crippen LogP contribution >= 0.6 is 0 Å². The fourth-order valence-electron chi connectivity index (χ4n) is 2.14. The molecule has 0 heterocycles. The van der Waals surface area contributed by atoms with Gasteiger partial charge in [0, 0.05) is 0 Å². The molecule has 0 bridgehead atoms. The Kier molecular flexibility index (Phi) is 3.61. The van der Waals surface area contributed by atoms with Gasteiger partial charge in [0.1, 0.15) is 5.75 Å². The Balaban J connectivity index is 2.69. The predicted octanol–water partition coefficient (Wildman–Crippen LogP) is 4.27. The van der Waals surface area contributed by atoms with Crippen molar-refractivity contribution in [1.29, 1.82) is 0 Å². The van der Waals surface area contributed by atoms with Crippen molar-refractivity contribution in [2.75, 3.05) is 12.8 Å². The molecule has 0 aliphatic rings. The molecule has 0 amide bonds. The lowest BCUT2D eigenvalue weighted by Crippen LogP contribution is -2.07. The number of alkyl halides is 3. The molecular formula is C15H14F3NO. The van der Waals surface area contributed by atoms with Gasteiger partial charge in [-0.15, -0.1) is 0 Å². The van der Waals surface area contributed by atoms with Crippen LogP contribution < -0.4 is 10.5 Å². The van der Waals surface area contributed by atoms with Gasteiger partial charge in [-0.05, 0) is 41.8 Å². The first kappa shape index (κ1) is 14.2. The predicted molar refractivity (Wildman–Crippen MR) is 72.6 cm³/mol. The van der Waals surface area contributed by atoms with Gasteiger partial charge in [-0.2, -0.15) is 13.2 Å². The summed E-state index contributed by atoms with van der Waals surface area (Å²) in [5.41, 5.74) is 6.74. The molecule has 0 aliphatic carbocycles. The van der Waals surface area contributed by atoms with E-state index in [9.17, 15) is 13.2 Å². The summed E-state index contributed by atoms with van der Waals surface area (Å²) in [6.07, 6.45) is -4.41. The molecule has 2 aromatic carbocycles. The van der Waals surface area contributed by atoms with E-state index in [1.165, 1.54) is 25.3 Å². The van der Waals surface area contributed by atoms with E-state index < -0.39 is 11.7 Å². The van der Waals surface area contributed by atoms with Crippen LogP contribution in [0.4, 0.5) is 18.9 Å². The molecule has 0 saturated carbocycles. The average molecular weight is 281 g/mol. The maximum atomic E-state index is 13.1. The van der Waals surface area contributed by atoms with Gasteiger partial charge in [0.25, 0.3) is 0 Å². The summed E-state index contributed by atoms with van der Waals surface area (Å²) in [5, 5.41) is 0. The van der Waals surface area contributed by atoms with E-state index in [-0.39, 0.29) is 5.56 Å². The number of methoxy groups -OCH3 is 1. The second-order valence-corrected chi connectivity index (χ2v) is 4.45. The maximum absolute atomic E-state index is 13.1. The molecule has 0 unspecified atom stereocenters. The minimum atomic E-state index is -4.41. The molecule has 0 saturated heterocycles. The van der Waals surface area contributed by atoms with Gasteiger partial charge in [-0.1, -0.05) is 18.2 Å². The van der Waals surface area contributed by atoms with Crippen LogP contribution in [-0.2, 0) is 6.18 Å². The molecular weight excluding hydrogens is 267 g/mol. The Bertz CT molecular complexity index is 636. The molecule has 5 heteroatoms. The molecule has 2 nitrogen and oxygen atoms in total. The number of nitrogens with two attached hydrogens (primary N) is 1. The zero-order chi connectivity index (χ0) is 14.9. The molecule has 0 spiro atoms. The monoisotopic (exact) mass is 281 g/mol. The summed E-state index contributed by atoms with van der Waals surface area (Å²) in [5.74, 6) is 0.363. The Morgan fingerprint density at radius 2 is 1.70 bits per heavy atom. The highest BCUT2D eigenvalue weighted by molar-refractivity contribution is 5.76. The second kappa shape index (κ2) is 5.07. The van der Waals surface area contributed by atoms with Crippen molar-refractivity contribution in [2.45, 2.75) is 13.1 Å². The van der Waals surface area contributed by atoms with E-state index in [4.69, 9.17) is 10.5 Å². The first-order valence-corrected chi connectivity index (χ1v) is 5.95. The van der Waals surface area contributed by atoms with Crippen molar-refractivity contribution in [1.82, 2.24) is 0 Å². The number of nitrogen functional groups attached to an aromatic ring is 1. The molecule has 0 atom stereocenters. The molecule has 0 aromatic heterocycles. The standard InChI is InChI=1S/C15H14F3NO/c1-9-7-13(19)14(20-2)8-11(9)10-5-3-4-6-12(10)15(16,17)18/h3-8H,19H2,1-2H3. The van der Waals surface area contributed by atoms with Crippen LogP contribution in [0.5, 0.6) is 5.75 Å². The van der Waals surface area contributed by atoms with Crippen LogP contribution in [-0.4, -0.2) is 7.11 Å². The Labute approximate surface area is 115 Å². The molecule has 2 N–H and O–H groups in total. The van der Waals surface area contributed by atoms with Crippen LogP contribution in [0, 0.1) is 6.92 Å². The fraction of sp³-hybridized carbons (Fsp3) is 0.200. The largest absolute Gasteiger partial charge is 0.495 e. The summed E-state index contributed by atoms with van der Waals surface area (Å²) >= 11 is 0. The summed E-state index contributed by atoms with van der Waals surface area (Å²) in [6.45, 7) is 1.72. The van der Waals surface area contributed by atoms with E-state index in [1.807, 2.05) is 0 Å². The van der Waals surface area contributed by atoms with Crippen molar-refractivity contribution >= 4 is 5.69 Å². The van der Waals surface area contributed by atoms with Gasteiger partial charge in [-0.25, -0.2) is 0 Å². The van der Waals surface area contributed by atoms with Gasteiger partial charge < -0.3 is 10.5 Å². The molecule has 106 valence electrons. The number of hydrogen-bond acceptors (Lipinski definition) is 2. The van der Waals surface area contributed by atoms with Crippen LogP contribution in [0.15, 0.2) is 36.4 Å². The van der Waals surface area contributed by atoms with Gasteiger partial charge in [0.05, 0.1) is 18.4 Å². The number of rotatable bonds is 2. The lowest BCUT2D eigenvalue weighted by atomic mass is 9.95. The Hall–Kier alpha value is -2.17. The second-order valence-electron chi connectivity index (χ2n) is 4.45. The number of aryl methyl sites for hydroxylation is 1. The van der Waals surface area contributed by atoms with Crippen molar-refractivity contribution in [3.63, 3.8) is 0 Å². The van der Waals surface area contributed by atoms with Gasteiger partial charge in [0.15, 0.2) is 0 Å². The van der Waals surface area contributed by atoms with Gasteiger partial charge >= 0.3 is 6.18 Å². The smallest absolute Gasteiger partial charge is 0.417 e. The SMILES string of the molecule is COc1cc(-c2ccccc2C(F)(F)F)c(C)cc1N. The normalized spacial score (nSPS) is 11.4. The highest BCUT2D eigenvalue weighted by Gasteiger charge is 2.33. The number of hydrogen-bond donors (Lipinski definition) is 1. The zero-order valence-corrected chi connectivity index (χ0v) is 11.1. The number of ether oxygens (including phenoxy) is 1. The maximum Gasteiger partial charge on any atom is 0.417 e. The van der Waals surface area contributed by atoms with Crippen molar-refractivity contribution in [3.8, 4) is 16.9 Å². The Morgan fingerprint density at radius 3 is 2.30 bits per heavy atom. The lowest BCUT2D eigenvalue weighted by Gasteiger charge is -2.16. The number of benzene rings is 2. The van der Waals surface area contributed by atoms with E-state index in [0.717, 1.165) is 6.07 Å². The minimum Gasteiger partial charge on any atom is -0.495 e. The summed E-state index contributed by atoms with van der Waals surface area (Å²) in [7, 11) is 1.43. The lowest BCUT2D eigenvalue weighted by molar-refractivity contribution is -0.137. The van der Waals surface area contributed by atoms with E-state index in [1.54, 1.807) is 19.1 Å². The Morgan fingerprint density at radius 1 is 1.05 bits per heavy atom. The zero-order valence-electron chi connectivity index (χ0n) is 11.1. The minimum absolute atomic E-state index is 0.121. The van der Waals surface area contributed by atoms with Crippen molar-refractivity contribution in [2.24, 2.45) is 0 Å². The van der Waals surface area contributed by atoms with Crippen LogP contribution in [0.3, 0.4) is 0 Å². The summed E-state index contributed by atoms with van der Waals surface area (Å²) < 4.78 is 44.3. The summed E-state index contributed by atoms with van der Waals surface area (Å²) in [6, 6.07) is 8.61. The quantitative estimate of drug-likeness (QED) is 0.834. The average Bonchev–Trinajstić information content (AvgIpc) is 2.38. The molecule has 0 aliphatic heterocycles. The van der Waals surface area contributed by atoms with Gasteiger partial charge in [-0.3, -0.25) is 0 Å². The first-order chi connectivity index (χ1) is 9.34.